The van der Waals surface area contributed by atoms with Crippen molar-refractivity contribution >= 4 is 39.5 Å². The van der Waals surface area contributed by atoms with Crippen molar-refractivity contribution in [3.63, 3.8) is 0 Å². The van der Waals surface area contributed by atoms with Crippen LogP contribution in [0.3, 0.4) is 0 Å². The summed E-state index contributed by atoms with van der Waals surface area (Å²) in [5.41, 5.74) is 4.81. The SMILES string of the molecule is NC(=O)CCC(NC(=O)Nc1cc(Br)ccc1F)C(=O)O. The summed E-state index contributed by atoms with van der Waals surface area (Å²) in [6, 6.07) is 1.72. The molecule has 7 nitrogen and oxygen atoms in total. The minimum absolute atomic E-state index is 0.110. The number of primary amides is 1. The first kappa shape index (κ1) is 16.9. The highest BCUT2D eigenvalue weighted by Gasteiger charge is 2.21. The lowest BCUT2D eigenvalue weighted by molar-refractivity contribution is -0.139. The van der Waals surface area contributed by atoms with Crippen molar-refractivity contribution < 1.29 is 23.9 Å². The maximum absolute atomic E-state index is 13.4. The Labute approximate surface area is 127 Å². The lowest BCUT2D eigenvalue weighted by Crippen LogP contribution is -2.43. The van der Waals surface area contributed by atoms with Gasteiger partial charge >= 0.3 is 12.0 Å². The van der Waals surface area contributed by atoms with Crippen molar-refractivity contribution in [3.8, 4) is 0 Å². The third-order valence-corrected chi connectivity index (χ3v) is 2.95. The molecule has 1 atom stereocenters. The van der Waals surface area contributed by atoms with E-state index < -0.39 is 29.8 Å². The second-order valence-electron chi connectivity index (χ2n) is 4.12. The predicted molar refractivity (Wildman–Crippen MR) is 76.1 cm³/mol. The molecule has 0 aliphatic rings. The summed E-state index contributed by atoms with van der Waals surface area (Å²) in [7, 11) is 0. The number of amides is 3. The number of carbonyl (C=O) groups excluding carboxylic acids is 2. The molecule has 0 spiro atoms. The molecule has 21 heavy (non-hydrogen) atoms. The van der Waals surface area contributed by atoms with Crippen molar-refractivity contribution in [2.45, 2.75) is 18.9 Å². The number of carboxylic acids is 1. The Morgan fingerprint density at radius 3 is 2.62 bits per heavy atom. The molecule has 0 radical (unpaired) electrons. The highest BCUT2D eigenvalue weighted by molar-refractivity contribution is 9.10. The number of carboxylic acid groups (broad SMARTS) is 1. The molecule has 9 heteroatoms. The van der Waals surface area contributed by atoms with Crippen LogP contribution in [0.2, 0.25) is 0 Å². The van der Waals surface area contributed by atoms with Gasteiger partial charge in [-0.1, -0.05) is 15.9 Å². The first-order valence-corrected chi connectivity index (χ1v) is 6.62. The Bertz CT molecular complexity index is 567. The number of hydrogen-bond acceptors (Lipinski definition) is 3. The smallest absolute Gasteiger partial charge is 0.326 e. The summed E-state index contributed by atoms with van der Waals surface area (Å²) in [6.45, 7) is 0. The molecule has 1 aromatic carbocycles. The second kappa shape index (κ2) is 7.58. The number of benzene rings is 1. The molecule has 0 aromatic heterocycles. The lowest BCUT2D eigenvalue weighted by atomic mass is 10.1. The zero-order valence-electron chi connectivity index (χ0n) is 10.7. The zero-order chi connectivity index (χ0) is 16.0. The summed E-state index contributed by atoms with van der Waals surface area (Å²) >= 11 is 3.12. The van der Waals surface area contributed by atoms with Crippen LogP contribution in [-0.2, 0) is 9.59 Å². The summed E-state index contributed by atoms with van der Waals surface area (Å²) < 4.78 is 14.0. The van der Waals surface area contributed by atoms with E-state index in [1.54, 1.807) is 0 Å². The average molecular weight is 362 g/mol. The molecule has 3 amide bonds. The van der Waals surface area contributed by atoms with Gasteiger partial charge in [0.1, 0.15) is 11.9 Å². The van der Waals surface area contributed by atoms with Gasteiger partial charge in [-0.25, -0.2) is 14.0 Å². The molecule has 0 saturated carbocycles. The predicted octanol–water partition coefficient (Wildman–Crippen LogP) is 1.43. The Hall–Kier alpha value is -2.16. The highest BCUT2D eigenvalue weighted by Crippen LogP contribution is 2.19. The van der Waals surface area contributed by atoms with Crippen LogP contribution < -0.4 is 16.4 Å². The fourth-order valence-corrected chi connectivity index (χ4v) is 1.81. The molecule has 0 bridgehead atoms. The largest absolute Gasteiger partial charge is 0.480 e. The Balaban J connectivity index is 2.67. The van der Waals surface area contributed by atoms with Crippen LogP contribution in [0.15, 0.2) is 22.7 Å². The van der Waals surface area contributed by atoms with Gasteiger partial charge in [0.2, 0.25) is 5.91 Å². The topological polar surface area (TPSA) is 122 Å². The van der Waals surface area contributed by atoms with Gasteiger partial charge in [-0.2, -0.15) is 0 Å². The molecule has 1 rings (SSSR count). The van der Waals surface area contributed by atoms with E-state index >= 15 is 0 Å². The number of nitrogens with two attached hydrogens (primary N) is 1. The summed E-state index contributed by atoms with van der Waals surface area (Å²) in [5.74, 6) is -2.67. The molecule has 0 fully saturated rings. The van der Waals surface area contributed by atoms with Gasteiger partial charge in [-0.3, -0.25) is 4.79 Å². The van der Waals surface area contributed by atoms with Crippen LogP contribution in [0.25, 0.3) is 0 Å². The van der Waals surface area contributed by atoms with Crippen LogP contribution in [0.1, 0.15) is 12.8 Å². The third kappa shape index (κ3) is 5.78. The van der Waals surface area contributed by atoms with Crippen LogP contribution >= 0.6 is 15.9 Å². The first-order chi connectivity index (χ1) is 9.79. The third-order valence-electron chi connectivity index (χ3n) is 2.46. The maximum atomic E-state index is 13.4. The van der Waals surface area contributed by atoms with E-state index in [1.165, 1.54) is 12.1 Å². The van der Waals surface area contributed by atoms with E-state index in [-0.39, 0.29) is 18.5 Å². The number of anilines is 1. The van der Waals surface area contributed by atoms with E-state index in [0.29, 0.717) is 4.47 Å². The molecule has 1 aromatic rings. The van der Waals surface area contributed by atoms with Gasteiger partial charge in [0, 0.05) is 10.9 Å². The Morgan fingerprint density at radius 2 is 2.05 bits per heavy atom. The number of rotatable bonds is 6. The normalized spacial score (nSPS) is 11.5. The van der Waals surface area contributed by atoms with Crippen LogP contribution in [0.5, 0.6) is 0 Å². The van der Waals surface area contributed by atoms with Crippen LogP contribution in [0.4, 0.5) is 14.9 Å². The Morgan fingerprint density at radius 1 is 1.38 bits per heavy atom. The number of urea groups is 1. The molecule has 0 aliphatic carbocycles. The molecule has 0 saturated heterocycles. The van der Waals surface area contributed by atoms with Gasteiger partial charge in [0.05, 0.1) is 5.69 Å². The summed E-state index contributed by atoms with van der Waals surface area (Å²) in [6.07, 6.45) is -0.346. The average Bonchev–Trinajstić information content (AvgIpc) is 2.38. The van der Waals surface area contributed by atoms with E-state index in [0.717, 1.165) is 6.07 Å². The number of hydrogen-bond donors (Lipinski definition) is 4. The fraction of sp³-hybridized carbons (Fsp3) is 0.250. The minimum atomic E-state index is -1.32. The second-order valence-corrected chi connectivity index (χ2v) is 5.03. The number of nitrogens with one attached hydrogen (secondary N) is 2. The monoisotopic (exact) mass is 361 g/mol. The maximum Gasteiger partial charge on any atom is 0.326 e. The quantitative estimate of drug-likeness (QED) is 0.612. The Kier molecular flexibility index (Phi) is 6.10. The number of halogens is 2. The minimum Gasteiger partial charge on any atom is -0.480 e. The number of carbonyl (C=O) groups is 3. The van der Waals surface area contributed by atoms with Crippen molar-refractivity contribution in [3.05, 3.63) is 28.5 Å². The van der Waals surface area contributed by atoms with Gasteiger partial charge in [-0.05, 0) is 24.6 Å². The summed E-state index contributed by atoms with van der Waals surface area (Å²) in [5, 5.41) is 13.2. The van der Waals surface area contributed by atoms with Gasteiger partial charge < -0.3 is 21.5 Å². The molecule has 0 heterocycles. The van der Waals surface area contributed by atoms with Gasteiger partial charge in [0.25, 0.3) is 0 Å². The zero-order valence-corrected chi connectivity index (χ0v) is 12.3. The van der Waals surface area contributed by atoms with Gasteiger partial charge in [0.15, 0.2) is 0 Å². The standard InChI is InChI=1S/C12H13BrFN3O4/c13-6-1-2-7(14)9(5-6)17-12(21)16-8(11(19)20)3-4-10(15)18/h1-2,5,8H,3-4H2,(H2,15,18)(H,19,20)(H2,16,17,21). The van der Waals surface area contributed by atoms with Gasteiger partial charge in [-0.15, -0.1) is 0 Å². The van der Waals surface area contributed by atoms with E-state index in [9.17, 15) is 18.8 Å². The van der Waals surface area contributed by atoms with Crippen molar-refractivity contribution in [1.82, 2.24) is 5.32 Å². The first-order valence-electron chi connectivity index (χ1n) is 5.83. The molecule has 0 aliphatic heterocycles. The van der Waals surface area contributed by atoms with E-state index in [2.05, 4.69) is 26.6 Å². The van der Waals surface area contributed by atoms with Crippen LogP contribution in [-0.4, -0.2) is 29.1 Å². The molecule has 1 unspecified atom stereocenters. The van der Waals surface area contributed by atoms with Crippen molar-refractivity contribution in [1.29, 1.82) is 0 Å². The summed E-state index contributed by atoms with van der Waals surface area (Å²) in [4.78, 5) is 33.2. The molecular weight excluding hydrogens is 349 g/mol. The highest BCUT2D eigenvalue weighted by atomic mass is 79.9. The van der Waals surface area contributed by atoms with E-state index in [1.807, 2.05) is 0 Å². The molecule has 114 valence electrons. The molecular formula is C12H13BrFN3O4. The van der Waals surface area contributed by atoms with Crippen LogP contribution in [0, 0.1) is 5.82 Å². The number of aliphatic carboxylic acids is 1. The van der Waals surface area contributed by atoms with E-state index in [4.69, 9.17) is 10.8 Å². The van der Waals surface area contributed by atoms with Crippen molar-refractivity contribution in [2.75, 3.05) is 5.32 Å². The van der Waals surface area contributed by atoms with Crippen molar-refractivity contribution in [2.24, 2.45) is 5.73 Å². The molecule has 5 N–H and O–H groups in total. The lowest BCUT2D eigenvalue weighted by Gasteiger charge is -2.14. The fourth-order valence-electron chi connectivity index (χ4n) is 1.45.